The summed E-state index contributed by atoms with van der Waals surface area (Å²) in [6, 6.07) is 15.8. The van der Waals surface area contributed by atoms with Gasteiger partial charge in [-0.1, -0.05) is 37.3 Å². The maximum absolute atomic E-state index is 13.7. The average Bonchev–Trinajstić information content (AvgIpc) is 3.41. The van der Waals surface area contributed by atoms with Gasteiger partial charge in [0, 0.05) is 30.1 Å². The van der Waals surface area contributed by atoms with Crippen molar-refractivity contribution in [2.45, 2.75) is 58.5 Å². The molecule has 0 saturated carbocycles. The molecule has 1 amide bonds. The maximum atomic E-state index is 13.7. The van der Waals surface area contributed by atoms with Gasteiger partial charge in [-0.2, -0.15) is 11.3 Å². The Bertz CT molecular complexity index is 1130. The summed E-state index contributed by atoms with van der Waals surface area (Å²) in [6.45, 7) is 2.01. The van der Waals surface area contributed by atoms with Gasteiger partial charge in [0.05, 0.1) is 9.35 Å². The van der Waals surface area contributed by atoms with Gasteiger partial charge in [0.15, 0.2) is 0 Å². The first-order chi connectivity index (χ1) is 17.3. The zero-order valence-electron chi connectivity index (χ0n) is 21.7. The van der Waals surface area contributed by atoms with E-state index in [1.165, 1.54) is 4.90 Å². The number of rotatable bonds is 13. The SMILES string of the molecule is [2H]C([2H])(c1ccccc1OCCCCCC(=O)O)N(C(=O)c1ccc(-c2ccsc2)cc1)C(C)CC. The van der Waals surface area contributed by atoms with Gasteiger partial charge in [-0.25, -0.2) is 0 Å². The number of carbonyl (C=O) groups is 2. The second-order valence-electron chi connectivity index (χ2n) is 8.18. The molecule has 3 rings (SSSR count). The predicted molar refractivity (Wildman–Crippen MR) is 137 cm³/mol. The number of unbranched alkanes of at least 4 members (excludes halogenated alkanes) is 2. The van der Waals surface area contributed by atoms with Gasteiger partial charge in [-0.15, -0.1) is 0 Å². The number of benzene rings is 2. The van der Waals surface area contributed by atoms with Crippen LogP contribution in [-0.4, -0.2) is 34.5 Å². The van der Waals surface area contributed by atoms with Crippen LogP contribution in [0.5, 0.6) is 5.75 Å². The molecular weight excluding hydrogens is 446 g/mol. The molecule has 1 N–H and O–H groups in total. The third-order valence-electron chi connectivity index (χ3n) is 5.66. The number of para-hydroxylation sites is 1. The van der Waals surface area contributed by atoms with Gasteiger partial charge in [0.25, 0.3) is 5.91 Å². The van der Waals surface area contributed by atoms with E-state index in [9.17, 15) is 9.59 Å². The number of thiophene rings is 1. The summed E-state index contributed by atoms with van der Waals surface area (Å²) < 4.78 is 24.0. The number of carboxylic acids is 1. The number of carbonyl (C=O) groups excluding carboxylic acids is 1. The van der Waals surface area contributed by atoms with Crippen LogP contribution < -0.4 is 4.74 Å². The van der Waals surface area contributed by atoms with Crippen molar-refractivity contribution < 1.29 is 22.2 Å². The van der Waals surface area contributed by atoms with E-state index in [-0.39, 0.29) is 18.4 Å². The Morgan fingerprint density at radius 2 is 1.82 bits per heavy atom. The van der Waals surface area contributed by atoms with Crippen LogP contribution in [0, 0.1) is 0 Å². The molecule has 0 aliphatic carbocycles. The fourth-order valence-corrected chi connectivity index (χ4v) is 4.13. The molecule has 5 nitrogen and oxygen atoms in total. The Labute approximate surface area is 208 Å². The van der Waals surface area contributed by atoms with E-state index >= 15 is 0 Å². The molecule has 0 bridgehead atoms. The molecular formula is C28H33NO4S. The van der Waals surface area contributed by atoms with E-state index < -0.39 is 12.5 Å². The van der Waals surface area contributed by atoms with Crippen LogP contribution in [0.2, 0.25) is 0 Å². The highest BCUT2D eigenvalue weighted by Crippen LogP contribution is 2.25. The first-order valence-electron chi connectivity index (χ1n) is 12.7. The largest absolute Gasteiger partial charge is 0.493 e. The Balaban J connectivity index is 1.81. The lowest BCUT2D eigenvalue weighted by atomic mass is 10.0. The number of nitrogens with zero attached hydrogens (tertiary/aromatic N) is 1. The highest BCUT2D eigenvalue weighted by Gasteiger charge is 2.22. The Hall–Kier alpha value is -3.12. The molecule has 6 heteroatoms. The van der Waals surface area contributed by atoms with Gasteiger partial charge < -0.3 is 14.7 Å². The maximum Gasteiger partial charge on any atom is 0.303 e. The van der Waals surface area contributed by atoms with E-state index in [2.05, 4.69) is 0 Å². The molecule has 1 atom stereocenters. The number of aliphatic carboxylic acids is 1. The smallest absolute Gasteiger partial charge is 0.303 e. The molecule has 1 aromatic heterocycles. The average molecular weight is 482 g/mol. The lowest BCUT2D eigenvalue weighted by molar-refractivity contribution is -0.137. The van der Waals surface area contributed by atoms with Crippen molar-refractivity contribution in [2.24, 2.45) is 0 Å². The standard InChI is InChI=1S/C28H33NO4S/c1-3-21(2)29(28(32)23-14-12-22(13-15-23)25-16-18-34-20-25)19-24-9-6-7-10-26(24)33-17-8-4-5-11-27(30)31/h6-7,9-10,12-16,18,20-21H,3-5,8,11,17,19H2,1-2H3,(H,30,31)/i19D2. The van der Waals surface area contributed by atoms with Crippen molar-refractivity contribution >= 4 is 23.2 Å². The highest BCUT2D eigenvalue weighted by molar-refractivity contribution is 7.08. The van der Waals surface area contributed by atoms with Crippen molar-refractivity contribution in [3.05, 3.63) is 76.5 Å². The Morgan fingerprint density at radius 3 is 2.50 bits per heavy atom. The van der Waals surface area contributed by atoms with E-state index in [1.54, 1.807) is 47.7 Å². The normalized spacial score (nSPS) is 13.0. The van der Waals surface area contributed by atoms with Gasteiger partial charge in [-0.3, -0.25) is 9.59 Å². The van der Waals surface area contributed by atoms with E-state index in [1.807, 2.05) is 42.8 Å². The van der Waals surface area contributed by atoms with E-state index in [4.69, 9.17) is 12.6 Å². The van der Waals surface area contributed by atoms with Crippen LogP contribution in [-0.2, 0) is 11.3 Å². The van der Waals surface area contributed by atoms with Crippen molar-refractivity contribution in [2.75, 3.05) is 6.61 Å². The van der Waals surface area contributed by atoms with Crippen LogP contribution in [0.25, 0.3) is 11.1 Å². The number of hydrogen-bond acceptors (Lipinski definition) is 4. The van der Waals surface area contributed by atoms with Crippen LogP contribution in [0.15, 0.2) is 65.4 Å². The fourth-order valence-electron chi connectivity index (χ4n) is 3.47. The van der Waals surface area contributed by atoms with Crippen LogP contribution in [0.1, 0.15) is 64.6 Å². The second kappa shape index (κ2) is 12.9. The summed E-state index contributed by atoms with van der Waals surface area (Å²) in [7, 11) is 0. The number of hydrogen-bond donors (Lipinski definition) is 1. The Morgan fingerprint density at radius 1 is 1.06 bits per heavy atom. The number of carboxylic acid groups (broad SMARTS) is 1. The monoisotopic (exact) mass is 481 g/mol. The molecule has 180 valence electrons. The third-order valence-corrected chi connectivity index (χ3v) is 6.34. The lowest BCUT2D eigenvalue weighted by Gasteiger charge is -2.29. The molecule has 1 heterocycles. The first-order valence-corrected chi connectivity index (χ1v) is 12.6. The van der Waals surface area contributed by atoms with Crippen LogP contribution in [0.4, 0.5) is 0 Å². The van der Waals surface area contributed by atoms with Gasteiger partial charge >= 0.3 is 5.97 Å². The zero-order chi connectivity index (χ0) is 26.1. The number of amides is 1. The summed E-state index contributed by atoms with van der Waals surface area (Å²) >= 11 is 1.61. The lowest BCUT2D eigenvalue weighted by Crippen LogP contribution is -2.37. The van der Waals surface area contributed by atoms with Gasteiger partial charge in [0.1, 0.15) is 5.75 Å². The molecule has 0 aliphatic rings. The molecule has 3 aromatic rings. The highest BCUT2D eigenvalue weighted by atomic mass is 32.1. The minimum absolute atomic E-state index is 0.124. The van der Waals surface area contributed by atoms with Crippen molar-refractivity contribution in [3.8, 4) is 16.9 Å². The van der Waals surface area contributed by atoms with Gasteiger partial charge in [0.2, 0.25) is 0 Å². The fraction of sp³-hybridized carbons (Fsp3) is 0.357. The van der Waals surface area contributed by atoms with E-state index in [0.717, 1.165) is 11.1 Å². The molecule has 0 spiro atoms. The van der Waals surface area contributed by atoms with Crippen molar-refractivity contribution in [1.82, 2.24) is 4.90 Å². The minimum atomic E-state index is -2.11. The molecule has 2 aromatic carbocycles. The molecule has 0 radical (unpaired) electrons. The molecule has 1 unspecified atom stereocenters. The predicted octanol–water partition coefficient (Wildman–Crippen LogP) is 6.88. The van der Waals surface area contributed by atoms with Crippen LogP contribution in [0.3, 0.4) is 0 Å². The van der Waals surface area contributed by atoms with Crippen LogP contribution >= 0.6 is 11.3 Å². The van der Waals surface area contributed by atoms with Crippen molar-refractivity contribution in [1.29, 1.82) is 0 Å². The third kappa shape index (κ3) is 7.19. The van der Waals surface area contributed by atoms with Crippen molar-refractivity contribution in [3.63, 3.8) is 0 Å². The summed E-state index contributed by atoms with van der Waals surface area (Å²) in [5.74, 6) is -0.810. The number of ether oxygens (including phenoxy) is 1. The second-order valence-corrected chi connectivity index (χ2v) is 8.96. The quantitative estimate of drug-likeness (QED) is 0.270. The molecule has 0 aliphatic heterocycles. The van der Waals surface area contributed by atoms with E-state index in [0.29, 0.717) is 49.2 Å². The topological polar surface area (TPSA) is 66.8 Å². The van der Waals surface area contributed by atoms with Gasteiger partial charge in [-0.05, 0) is 78.8 Å². The summed E-state index contributed by atoms with van der Waals surface area (Å²) in [4.78, 5) is 25.6. The first kappa shape index (κ1) is 22.7. The minimum Gasteiger partial charge on any atom is -0.493 e. The summed E-state index contributed by atoms with van der Waals surface area (Å²) in [6.07, 6.45) is 2.65. The summed E-state index contributed by atoms with van der Waals surface area (Å²) in [5.41, 5.74) is 2.81. The molecule has 0 saturated heterocycles. The Kier molecular flexibility index (Phi) is 8.63. The zero-order valence-corrected chi connectivity index (χ0v) is 20.5. The molecule has 0 fully saturated rings. The molecule has 34 heavy (non-hydrogen) atoms. The summed E-state index contributed by atoms with van der Waals surface area (Å²) in [5, 5.41) is 12.8.